The van der Waals surface area contributed by atoms with E-state index < -0.39 is 16.0 Å². The van der Waals surface area contributed by atoms with Gasteiger partial charge in [-0.05, 0) is 24.6 Å². The summed E-state index contributed by atoms with van der Waals surface area (Å²) in [4.78, 5) is 11.2. The van der Waals surface area contributed by atoms with Crippen LogP contribution in [0.15, 0.2) is 24.3 Å². The number of benzene rings is 1. The summed E-state index contributed by atoms with van der Waals surface area (Å²) < 4.78 is 29.4. The first kappa shape index (κ1) is 13.7. The average Bonchev–Trinajstić information content (AvgIpc) is 2.36. The fourth-order valence-corrected chi connectivity index (χ4v) is 1.76. The van der Waals surface area contributed by atoms with Gasteiger partial charge < -0.3 is 4.74 Å². The molecule has 0 aromatic heterocycles. The van der Waals surface area contributed by atoms with Crippen molar-refractivity contribution in [3.8, 4) is 0 Å². The Morgan fingerprint density at radius 2 is 1.88 bits per heavy atom. The van der Waals surface area contributed by atoms with Gasteiger partial charge >= 0.3 is 5.97 Å². The molecule has 17 heavy (non-hydrogen) atoms. The highest BCUT2D eigenvalue weighted by molar-refractivity contribution is 7.89. The minimum atomic E-state index is -3.19. The van der Waals surface area contributed by atoms with Gasteiger partial charge in [0.1, 0.15) is 0 Å². The van der Waals surface area contributed by atoms with E-state index in [0.29, 0.717) is 5.56 Å². The van der Waals surface area contributed by atoms with Crippen LogP contribution in [0, 0.1) is 0 Å². The molecule has 1 N–H and O–H groups in total. The topological polar surface area (TPSA) is 72.5 Å². The standard InChI is InChI=1S/C11H15NO4S/c1-3-17(14,15)12-8-9-4-6-10(7-5-9)11(13)16-2/h4-7,12H,3,8H2,1-2H3. The van der Waals surface area contributed by atoms with E-state index >= 15 is 0 Å². The molecule has 0 saturated heterocycles. The molecule has 0 atom stereocenters. The lowest BCUT2D eigenvalue weighted by atomic mass is 10.1. The zero-order valence-electron chi connectivity index (χ0n) is 9.76. The van der Waals surface area contributed by atoms with Crippen LogP contribution in [0.5, 0.6) is 0 Å². The number of nitrogens with one attached hydrogen (secondary N) is 1. The van der Waals surface area contributed by atoms with E-state index in [4.69, 9.17) is 0 Å². The number of rotatable bonds is 5. The summed E-state index contributed by atoms with van der Waals surface area (Å²) in [5.41, 5.74) is 1.23. The van der Waals surface area contributed by atoms with Crippen molar-refractivity contribution in [3.05, 3.63) is 35.4 Å². The Labute approximate surface area is 101 Å². The third-order valence-corrected chi connectivity index (χ3v) is 3.60. The smallest absolute Gasteiger partial charge is 0.337 e. The van der Waals surface area contributed by atoms with Gasteiger partial charge in [0.15, 0.2) is 0 Å². The highest BCUT2D eigenvalue weighted by Gasteiger charge is 2.07. The Bertz CT molecular complexity index is 479. The van der Waals surface area contributed by atoms with Gasteiger partial charge in [-0.25, -0.2) is 17.9 Å². The molecule has 5 nitrogen and oxygen atoms in total. The first-order valence-electron chi connectivity index (χ1n) is 5.13. The van der Waals surface area contributed by atoms with E-state index in [-0.39, 0.29) is 12.3 Å². The average molecular weight is 257 g/mol. The number of hydrogen-bond donors (Lipinski definition) is 1. The third-order valence-electron chi connectivity index (χ3n) is 2.25. The molecule has 0 aliphatic carbocycles. The zero-order chi connectivity index (χ0) is 12.9. The highest BCUT2D eigenvalue weighted by atomic mass is 32.2. The van der Waals surface area contributed by atoms with Crippen molar-refractivity contribution in [2.24, 2.45) is 0 Å². The second-order valence-electron chi connectivity index (χ2n) is 3.41. The summed E-state index contributed by atoms with van der Waals surface area (Å²) in [5, 5.41) is 0. The monoisotopic (exact) mass is 257 g/mol. The largest absolute Gasteiger partial charge is 0.465 e. The van der Waals surface area contributed by atoms with Gasteiger partial charge in [-0.15, -0.1) is 0 Å². The predicted octanol–water partition coefficient (Wildman–Crippen LogP) is 0.912. The van der Waals surface area contributed by atoms with E-state index in [1.807, 2.05) is 0 Å². The van der Waals surface area contributed by atoms with Crippen LogP contribution in [0.2, 0.25) is 0 Å². The second-order valence-corrected chi connectivity index (χ2v) is 5.51. The van der Waals surface area contributed by atoms with Gasteiger partial charge in [-0.2, -0.15) is 0 Å². The number of carbonyl (C=O) groups is 1. The van der Waals surface area contributed by atoms with E-state index in [9.17, 15) is 13.2 Å². The molecule has 0 radical (unpaired) electrons. The number of sulfonamides is 1. The summed E-state index contributed by atoms with van der Waals surface area (Å²) in [5.74, 6) is -0.363. The van der Waals surface area contributed by atoms with Gasteiger partial charge in [0.05, 0.1) is 18.4 Å². The molecule has 0 spiro atoms. The summed E-state index contributed by atoms with van der Waals surface area (Å²) in [6, 6.07) is 6.57. The molecule has 6 heteroatoms. The van der Waals surface area contributed by atoms with Crippen molar-refractivity contribution in [2.75, 3.05) is 12.9 Å². The number of ether oxygens (including phenoxy) is 1. The molecular weight excluding hydrogens is 242 g/mol. The lowest BCUT2D eigenvalue weighted by Gasteiger charge is -2.05. The number of carbonyl (C=O) groups excluding carboxylic acids is 1. The third kappa shape index (κ3) is 4.16. The second kappa shape index (κ2) is 5.79. The SMILES string of the molecule is CCS(=O)(=O)NCc1ccc(C(=O)OC)cc1. The van der Waals surface area contributed by atoms with Crippen LogP contribution in [0.3, 0.4) is 0 Å². The maximum Gasteiger partial charge on any atom is 0.337 e. The predicted molar refractivity (Wildman–Crippen MR) is 64.1 cm³/mol. The fourth-order valence-electron chi connectivity index (χ4n) is 1.17. The molecule has 0 amide bonds. The molecule has 1 aromatic rings. The van der Waals surface area contributed by atoms with Gasteiger partial charge in [0.25, 0.3) is 0 Å². The summed E-state index contributed by atoms with van der Waals surface area (Å²) >= 11 is 0. The van der Waals surface area contributed by atoms with Crippen LogP contribution in [-0.2, 0) is 21.3 Å². The fraction of sp³-hybridized carbons (Fsp3) is 0.364. The molecule has 0 saturated carbocycles. The summed E-state index contributed by atoms with van der Waals surface area (Å²) in [6.07, 6.45) is 0. The zero-order valence-corrected chi connectivity index (χ0v) is 10.6. The summed E-state index contributed by atoms with van der Waals surface area (Å²) in [7, 11) is -1.88. The van der Waals surface area contributed by atoms with Crippen molar-refractivity contribution in [3.63, 3.8) is 0 Å². The maximum absolute atomic E-state index is 11.2. The van der Waals surface area contributed by atoms with Crippen LogP contribution in [0.25, 0.3) is 0 Å². The Hall–Kier alpha value is -1.40. The molecule has 0 heterocycles. The Balaban J connectivity index is 2.66. The molecule has 0 unspecified atom stereocenters. The molecular formula is C11H15NO4S. The Morgan fingerprint density at radius 3 is 2.35 bits per heavy atom. The maximum atomic E-state index is 11.2. The van der Waals surface area contributed by atoms with E-state index in [0.717, 1.165) is 5.56 Å². The quantitative estimate of drug-likeness (QED) is 0.796. The lowest BCUT2D eigenvalue weighted by Crippen LogP contribution is -2.24. The van der Waals surface area contributed by atoms with Crippen LogP contribution < -0.4 is 4.72 Å². The van der Waals surface area contributed by atoms with Crippen LogP contribution in [0.4, 0.5) is 0 Å². The molecule has 1 rings (SSSR count). The number of hydrogen-bond acceptors (Lipinski definition) is 4. The van der Waals surface area contributed by atoms with Gasteiger partial charge in [-0.1, -0.05) is 12.1 Å². The van der Waals surface area contributed by atoms with Crippen molar-refractivity contribution >= 4 is 16.0 Å². The Morgan fingerprint density at radius 1 is 1.29 bits per heavy atom. The van der Waals surface area contributed by atoms with Gasteiger partial charge in [0, 0.05) is 6.54 Å². The molecule has 0 aliphatic heterocycles. The van der Waals surface area contributed by atoms with Gasteiger partial charge in [-0.3, -0.25) is 0 Å². The molecule has 0 aliphatic rings. The van der Waals surface area contributed by atoms with Gasteiger partial charge in [0.2, 0.25) is 10.0 Å². The van der Waals surface area contributed by atoms with Crippen molar-refractivity contribution < 1.29 is 17.9 Å². The first-order chi connectivity index (χ1) is 7.98. The van der Waals surface area contributed by atoms with E-state index in [1.165, 1.54) is 7.11 Å². The Kier molecular flexibility index (Phi) is 4.65. The van der Waals surface area contributed by atoms with E-state index in [2.05, 4.69) is 9.46 Å². The van der Waals surface area contributed by atoms with Crippen LogP contribution >= 0.6 is 0 Å². The van der Waals surface area contributed by atoms with Crippen LogP contribution in [0.1, 0.15) is 22.8 Å². The molecule has 0 fully saturated rings. The number of methoxy groups -OCH3 is 1. The minimum absolute atomic E-state index is 0.0489. The minimum Gasteiger partial charge on any atom is -0.465 e. The van der Waals surface area contributed by atoms with Crippen molar-refractivity contribution in [1.29, 1.82) is 0 Å². The molecule has 1 aromatic carbocycles. The first-order valence-corrected chi connectivity index (χ1v) is 6.78. The lowest BCUT2D eigenvalue weighted by molar-refractivity contribution is 0.0600. The van der Waals surface area contributed by atoms with Crippen molar-refractivity contribution in [2.45, 2.75) is 13.5 Å². The molecule has 0 bridgehead atoms. The number of esters is 1. The molecule has 94 valence electrons. The van der Waals surface area contributed by atoms with Crippen molar-refractivity contribution in [1.82, 2.24) is 4.72 Å². The van der Waals surface area contributed by atoms with E-state index in [1.54, 1.807) is 31.2 Å². The highest BCUT2D eigenvalue weighted by Crippen LogP contribution is 2.06. The van der Waals surface area contributed by atoms with Crippen LogP contribution in [-0.4, -0.2) is 27.2 Å². The normalized spacial score (nSPS) is 11.2. The summed E-state index contributed by atoms with van der Waals surface area (Å²) in [6.45, 7) is 1.79.